The van der Waals surface area contributed by atoms with Crippen LogP contribution in [0.4, 0.5) is 0 Å². The van der Waals surface area contributed by atoms with E-state index in [1.165, 1.54) is 5.56 Å². The fourth-order valence-electron chi connectivity index (χ4n) is 3.40. The quantitative estimate of drug-likeness (QED) is 0.418. The lowest BCUT2D eigenvalue weighted by molar-refractivity contribution is 0.241. The number of pyridine rings is 1. The summed E-state index contributed by atoms with van der Waals surface area (Å²) in [6.45, 7) is 7.04. The summed E-state index contributed by atoms with van der Waals surface area (Å²) in [5.74, 6) is 1.79. The summed E-state index contributed by atoms with van der Waals surface area (Å²) in [7, 11) is 0. The summed E-state index contributed by atoms with van der Waals surface area (Å²) in [6.07, 6.45) is 2.92. The first-order chi connectivity index (χ1) is 13.7. The van der Waals surface area contributed by atoms with Gasteiger partial charge in [0.2, 0.25) is 0 Å². The van der Waals surface area contributed by atoms with Gasteiger partial charge in [-0.3, -0.25) is 4.79 Å². The molecule has 28 heavy (non-hydrogen) atoms. The Kier molecular flexibility index (Phi) is 7.12. The molecule has 1 aromatic heterocycles. The first-order valence-electron chi connectivity index (χ1n) is 10.1. The number of guanidine groups is 1. The number of hydrogen-bond acceptors (Lipinski definition) is 3. The largest absolute Gasteiger partial charge is 0.488 e. The first-order valence-corrected chi connectivity index (χ1v) is 10.1. The van der Waals surface area contributed by atoms with Crippen LogP contribution in [-0.4, -0.2) is 36.3 Å². The summed E-state index contributed by atoms with van der Waals surface area (Å²) in [6, 6.07) is 13.6. The van der Waals surface area contributed by atoms with Gasteiger partial charge in [0, 0.05) is 37.8 Å². The third-order valence-electron chi connectivity index (χ3n) is 4.88. The molecule has 0 spiro atoms. The standard InChI is InChI=1S/C22H30N4O2/c1-3-23-22(25-16-19-15-18-10-4-5-11-20(18)28-19)24-13-6-7-14-26-17(2)9-8-12-21(26)27/h4-5,8-12,19H,3,6-7,13-16H2,1-2H3,(H2,23,24,25). The van der Waals surface area contributed by atoms with E-state index in [-0.39, 0.29) is 11.7 Å². The van der Waals surface area contributed by atoms with Crippen molar-refractivity contribution >= 4 is 5.96 Å². The van der Waals surface area contributed by atoms with Crippen molar-refractivity contribution in [1.82, 2.24) is 15.2 Å². The second kappa shape index (κ2) is 9.97. The number of aryl methyl sites for hydroxylation is 1. The van der Waals surface area contributed by atoms with Crippen LogP contribution in [0.3, 0.4) is 0 Å². The molecule has 0 fully saturated rings. The Morgan fingerprint density at radius 3 is 2.82 bits per heavy atom. The average Bonchev–Trinajstić information content (AvgIpc) is 3.10. The molecule has 0 radical (unpaired) electrons. The van der Waals surface area contributed by atoms with Gasteiger partial charge in [-0.2, -0.15) is 0 Å². The van der Waals surface area contributed by atoms with Gasteiger partial charge in [0.15, 0.2) is 5.96 Å². The summed E-state index contributed by atoms with van der Waals surface area (Å²) < 4.78 is 7.78. The van der Waals surface area contributed by atoms with Crippen LogP contribution in [0.2, 0.25) is 0 Å². The van der Waals surface area contributed by atoms with Crippen LogP contribution in [0, 0.1) is 6.92 Å². The Morgan fingerprint density at radius 2 is 2.04 bits per heavy atom. The predicted molar refractivity (Wildman–Crippen MR) is 113 cm³/mol. The van der Waals surface area contributed by atoms with Crippen molar-refractivity contribution in [3.8, 4) is 5.75 Å². The number of aliphatic imine (C=N–C) groups is 1. The normalized spacial score (nSPS) is 15.8. The van der Waals surface area contributed by atoms with E-state index >= 15 is 0 Å². The highest BCUT2D eigenvalue weighted by Crippen LogP contribution is 2.28. The van der Waals surface area contributed by atoms with E-state index in [0.717, 1.165) is 56.3 Å². The monoisotopic (exact) mass is 382 g/mol. The molecule has 1 aliphatic rings. The summed E-state index contributed by atoms with van der Waals surface area (Å²) >= 11 is 0. The molecule has 0 bridgehead atoms. The van der Waals surface area contributed by atoms with Crippen LogP contribution in [0.1, 0.15) is 31.0 Å². The van der Waals surface area contributed by atoms with Gasteiger partial charge in [-0.05, 0) is 44.4 Å². The molecule has 1 unspecified atom stereocenters. The van der Waals surface area contributed by atoms with E-state index in [2.05, 4.69) is 28.6 Å². The number of ether oxygens (including phenoxy) is 1. The van der Waals surface area contributed by atoms with E-state index in [9.17, 15) is 4.79 Å². The maximum absolute atomic E-state index is 11.9. The fourth-order valence-corrected chi connectivity index (χ4v) is 3.40. The zero-order valence-corrected chi connectivity index (χ0v) is 16.8. The topological polar surface area (TPSA) is 67.7 Å². The molecule has 3 rings (SSSR count). The molecule has 2 N–H and O–H groups in total. The Bertz CT molecular complexity index is 835. The van der Waals surface area contributed by atoms with Gasteiger partial charge in [-0.25, -0.2) is 4.99 Å². The molecule has 6 heteroatoms. The molecule has 2 heterocycles. The predicted octanol–water partition coefficient (Wildman–Crippen LogP) is 2.50. The second-order valence-electron chi connectivity index (χ2n) is 7.06. The molecule has 2 aromatic rings. The average molecular weight is 383 g/mol. The van der Waals surface area contributed by atoms with E-state index < -0.39 is 0 Å². The van der Waals surface area contributed by atoms with Gasteiger partial charge < -0.3 is 19.9 Å². The molecule has 0 saturated heterocycles. The Morgan fingerprint density at radius 1 is 1.18 bits per heavy atom. The highest BCUT2D eigenvalue weighted by atomic mass is 16.5. The molecule has 0 saturated carbocycles. The molecule has 1 atom stereocenters. The lowest BCUT2D eigenvalue weighted by Crippen LogP contribution is -2.38. The highest BCUT2D eigenvalue weighted by Gasteiger charge is 2.21. The van der Waals surface area contributed by atoms with E-state index in [0.29, 0.717) is 6.54 Å². The number of rotatable bonds is 8. The lowest BCUT2D eigenvalue weighted by atomic mass is 10.1. The van der Waals surface area contributed by atoms with Gasteiger partial charge in [0.25, 0.3) is 5.56 Å². The summed E-state index contributed by atoms with van der Waals surface area (Å²) in [4.78, 5) is 16.6. The van der Waals surface area contributed by atoms with Crippen molar-refractivity contribution in [1.29, 1.82) is 0 Å². The molecule has 150 valence electrons. The van der Waals surface area contributed by atoms with Gasteiger partial charge >= 0.3 is 0 Å². The molecule has 0 amide bonds. The Hall–Kier alpha value is -2.76. The van der Waals surface area contributed by atoms with Crippen molar-refractivity contribution in [2.75, 3.05) is 19.6 Å². The van der Waals surface area contributed by atoms with Crippen molar-refractivity contribution in [2.45, 2.75) is 45.8 Å². The number of para-hydroxylation sites is 1. The minimum Gasteiger partial charge on any atom is -0.488 e. The zero-order chi connectivity index (χ0) is 19.8. The number of nitrogens with zero attached hydrogens (tertiary/aromatic N) is 2. The van der Waals surface area contributed by atoms with Gasteiger partial charge in [0.05, 0.1) is 6.54 Å². The number of unbranched alkanes of at least 4 members (excludes halogenated alkanes) is 1. The lowest BCUT2D eigenvalue weighted by Gasteiger charge is -2.14. The van der Waals surface area contributed by atoms with Crippen molar-refractivity contribution in [2.24, 2.45) is 4.99 Å². The first kappa shape index (κ1) is 20.0. The molecule has 6 nitrogen and oxygen atoms in total. The molecular formula is C22H30N4O2. The number of benzene rings is 1. The molecular weight excluding hydrogens is 352 g/mol. The maximum Gasteiger partial charge on any atom is 0.250 e. The third kappa shape index (κ3) is 5.38. The fraction of sp³-hybridized carbons (Fsp3) is 0.455. The number of hydrogen-bond donors (Lipinski definition) is 2. The van der Waals surface area contributed by atoms with E-state index in [4.69, 9.17) is 4.74 Å². The van der Waals surface area contributed by atoms with Crippen LogP contribution < -0.4 is 20.9 Å². The smallest absolute Gasteiger partial charge is 0.250 e. The van der Waals surface area contributed by atoms with Crippen LogP contribution in [0.5, 0.6) is 5.75 Å². The second-order valence-corrected chi connectivity index (χ2v) is 7.06. The van der Waals surface area contributed by atoms with Crippen LogP contribution in [-0.2, 0) is 13.0 Å². The number of aromatic nitrogens is 1. The third-order valence-corrected chi connectivity index (χ3v) is 4.88. The summed E-state index contributed by atoms with van der Waals surface area (Å²) in [5, 5.41) is 6.66. The van der Waals surface area contributed by atoms with Gasteiger partial charge in [0.1, 0.15) is 11.9 Å². The minimum absolute atomic E-state index is 0.0698. The van der Waals surface area contributed by atoms with Crippen LogP contribution in [0.25, 0.3) is 0 Å². The summed E-state index contributed by atoms with van der Waals surface area (Å²) in [5.41, 5.74) is 2.33. The van der Waals surface area contributed by atoms with Gasteiger partial charge in [-0.1, -0.05) is 24.3 Å². The Balaban J connectivity index is 1.42. The zero-order valence-electron chi connectivity index (χ0n) is 16.8. The molecule has 1 aromatic carbocycles. The van der Waals surface area contributed by atoms with Crippen molar-refractivity contribution in [3.05, 3.63) is 64.1 Å². The SMILES string of the molecule is CCNC(=NCC1Cc2ccccc2O1)NCCCCn1c(C)cccc1=O. The molecule has 1 aliphatic heterocycles. The number of nitrogens with one attached hydrogen (secondary N) is 2. The van der Waals surface area contributed by atoms with Crippen molar-refractivity contribution < 1.29 is 4.74 Å². The van der Waals surface area contributed by atoms with E-state index in [1.807, 2.05) is 35.8 Å². The van der Waals surface area contributed by atoms with Gasteiger partial charge in [-0.15, -0.1) is 0 Å². The highest BCUT2D eigenvalue weighted by molar-refractivity contribution is 5.79. The minimum atomic E-state index is 0.0698. The van der Waals surface area contributed by atoms with Crippen LogP contribution >= 0.6 is 0 Å². The van der Waals surface area contributed by atoms with Crippen LogP contribution in [0.15, 0.2) is 52.3 Å². The maximum atomic E-state index is 11.9. The number of fused-ring (bicyclic) bond motifs is 1. The molecule has 0 aliphatic carbocycles. The van der Waals surface area contributed by atoms with E-state index in [1.54, 1.807) is 12.1 Å². The Labute approximate surface area is 166 Å². The van der Waals surface area contributed by atoms with Crippen molar-refractivity contribution in [3.63, 3.8) is 0 Å².